The first-order valence-corrected chi connectivity index (χ1v) is 9.50. The number of hydrogen-bond donors (Lipinski definition) is 3. The highest BCUT2D eigenvalue weighted by atomic mass is 16.2. The van der Waals surface area contributed by atoms with Gasteiger partial charge < -0.3 is 20.5 Å². The van der Waals surface area contributed by atoms with E-state index in [1.54, 1.807) is 30.5 Å². The summed E-state index contributed by atoms with van der Waals surface area (Å²) in [6.07, 6.45) is 8.61. The Labute approximate surface area is 163 Å². The summed E-state index contributed by atoms with van der Waals surface area (Å²) in [5.74, 6) is 1.51. The third-order valence-electron chi connectivity index (χ3n) is 5.45. The molecule has 28 heavy (non-hydrogen) atoms. The van der Waals surface area contributed by atoms with Crippen molar-refractivity contribution in [2.45, 2.75) is 18.9 Å². The molecule has 2 fully saturated rings. The minimum Gasteiger partial charge on any atom is -0.377 e. The van der Waals surface area contributed by atoms with Gasteiger partial charge in [0, 0.05) is 43.9 Å². The molecule has 3 N–H and O–H groups in total. The highest BCUT2D eigenvalue weighted by Crippen LogP contribution is 2.40. The summed E-state index contributed by atoms with van der Waals surface area (Å²) in [4.78, 5) is 37.4. The fourth-order valence-electron chi connectivity index (χ4n) is 3.67. The molecule has 2 aliphatic rings. The number of carbonyl (C=O) groups excluding carboxylic acids is 1. The lowest BCUT2D eigenvalue weighted by Gasteiger charge is -2.43. The topological polar surface area (TPSA) is 103 Å². The molecule has 1 unspecified atom stereocenters. The van der Waals surface area contributed by atoms with Gasteiger partial charge >= 0.3 is 0 Å². The standard InChI is InChI=1S/C20H24N6O2/c1-3-18(27)26-10-14(11-26)19(12-4-5-12)25-15-6-13(7-23-20(15)28)16-8-22-9-17(21-2)24-16/h3,6-9,12,14,19,25H,1,4-5,10-11H2,2H3,(H,21,24)(H,23,28). The zero-order valence-corrected chi connectivity index (χ0v) is 15.8. The molecule has 8 nitrogen and oxygen atoms in total. The second-order valence-corrected chi connectivity index (χ2v) is 7.39. The summed E-state index contributed by atoms with van der Waals surface area (Å²) in [7, 11) is 1.78. The van der Waals surface area contributed by atoms with Crippen molar-refractivity contribution in [1.82, 2.24) is 19.9 Å². The quantitative estimate of drug-likeness (QED) is 0.632. The average molecular weight is 380 g/mol. The Morgan fingerprint density at radius 2 is 2.14 bits per heavy atom. The van der Waals surface area contributed by atoms with Crippen LogP contribution in [0.2, 0.25) is 0 Å². The summed E-state index contributed by atoms with van der Waals surface area (Å²) in [6, 6.07) is 2.00. The molecule has 0 spiro atoms. The van der Waals surface area contributed by atoms with Crippen LogP contribution in [0.25, 0.3) is 11.3 Å². The van der Waals surface area contributed by atoms with Gasteiger partial charge in [0.05, 0.1) is 18.1 Å². The number of aromatic nitrogens is 3. The Morgan fingerprint density at radius 1 is 1.36 bits per heavy atom. The largest absolute Gasteiger partial charge is 0.377 e. The SMILES string of the molecule is C=CC(=O)N1CC(C(Nc2cc(-c3cncc(NC)n3)c[nH]c2=O)C2CC2)C1. The lowest BCUT2D eigenvalue weighted by Crippen LogP contribution is -2.56. The number of hydrogen-bond acceptors (Lipinski definition) is 6. The lowest BCUT2D eigenvalue weighted by atomic mass is 9.88. The van der Waals surface area contributed by atoms with E-state index in [4.69, 9.17) is 0 Å². The number of carbonyl (C=O) groups is 1. The average Bonchev–Trinajstić information content (AvgIpc) is 3.52. The van der Waals surface area contributed by atoms with Crippen LogP contribution >= 0.6 is 0 Å². The van der Waals surface area contributed by atoms with Crippen molar-refractivity contribution < 1.29 is 4.79 Å². The van der Waals surface area contributed by atoms with Gasteiger partial charge in [-0.05, 0) is 30.9 Å². The molecule has 1 aliphatic carbocycles. The van der Waals surface area contributed by atoms with Gasteiger partial charge in [0.1, 0.15) is 11.5 Å². The van der Waals surface area contributed by atoms with E-state index < -0.39 is 0 Å². The fourth-order valence-corrected chi connectivity index (χ4v) is 3.67. The minimum atomic E-state index is -0.162. The van der Waals surface area contributed by atoms with Crippen molar-refractivity contribution in [3.8, 4) is 11.3 Å². The Balaban J connectivity index is 1.54. The zero-order chi connectivity index (χ0) is 19.7. The number of anilines is 2. The van der Waals surface area contributed by atoms with E-state index in [-0.39, 0.29) is 17.5 Å². The molecule has 8 heteroatoms. The molecule has 2 aromatic rings. The van der Waals surface area contributed by atoms with Gasteiger partial charge in [-0.15, -0.1) is 0 Å². The molecule has 0 radical (unpaired) electrons. The van der Waals surface area contributed by atoms with Crippen molar-refractivity contribution >= 4 is 17.4 Å². The summed E-state index contributed by atoms with van der Waals surface area (Å²) in [5, 5.41) is 6.42. The molecule has 1 atom stereocenters. The first-order chi connectivity index (χ1) is 13.6. The molecule has 4 rings (SSSR count). The molecule has 0 aromatic carbocycles. The lowest BCUT2D eigenvalue weighted by molar-refractivity contribution is -0.132. The Morgan fingerprint density at radius 3 is 2.82 bits per heavy atom. The number of H-pyrrole nitrogens is 1. The number of amides is 1. The van der Waals surface area contributed by atoms with E-state index in [1.807, 2.05) is 6.07 Å². The normalized spacial score (nSPS) is 17.5. The molecule has 1 saturated heterocycles. The smallest absolute Gasteiger partial charge is 0.271 e. The molecule has 1 saturated carbocycles. The van der Waals surface area contributed by atoms with Crippen LogP contribution in [-0.2, 0) is 4.79 Å². The number of pyridine rings is 1. The van der Waals surface area contributed by atoms with E-state index >= 15 is 0 Å². The van der Waals surface area contributed by atoms with Gasteiger partial charge in [0.25, 0.3) is 5.56 Å². The highest BCUT2D eigenvalue weighted by Gasteiger charge is 2.43. The van der Waals surface area contributed by atoms with Crippen LogP contribution in [0.5, 0.6) is 0 Å². The van der Waals surface area contributed by atoms with Crippen LogP contribution in [0.4, 0.5) is 11.5 Å². The first-order valence-electron chi connectivity index (χ1n) is 9.50. The van der Waals surface area contributed by atoms with Crippen molar-refractivity contribution in [1.29, 1.82) is 0 Å². The molecule has 1 amide bonds. The van der Waals surface area contributed by atoms with Crippen LogP contribution in [0.3, 0.4) is 0 Å². The Bertz CT molecular complexity index is 946. The van der Waals surface area contributed by atoms with Crippen LogP contribution < -0.4 is 16.2 Å². The van der Waals surface area contributed by atoms with Gasteiger partial charge in [-0.1, -0.05) is 6.58 Å². The maximum Gasteiger partial charge on any atom is 0.271 e. The van der Waals surface area contributed by atoms with Crippen LogP contribution in [0, 0.1) is 11.8 Å². The molecule has 2 aromatic heterocycles. The van der Waals surface area contributed by atoms with Crippen LogP contribution in [0.1, 0.15) is 12.8 Å². The van der Waals surface area contributed by atoms with Crippen molar-refractivity contribution in [2.24, 2.45) is 11.8 Å². The van der Waals surface area contributed by atoms with E-state index in [0.29, 0.717) is 42.1 Å². The van der Waals surface area contributed by atoms with Gasteiger partial charge in [0.15, 0.2) is 0 Å². The molecule has 3 heterocycles. The van der Waals surface area contributed by atoms with Gasteiger partial charge in [-0.3, -0.25) is 14.6 Å². The Kier molecular flexibility index (Phi) is 4.85. The number of nitrogens with one attached hydrogen (secondary N) is 3. The molecule has 1 aliphatic heterocycles. The monoisotopic (exact) mass is 380 g/mol. The van der Waals surface area contributed by atoms with Crippen molar-refractivity contribution in [2.75, 3.05) is 30.8 Å². The molecule has 0 bridgehead atoms. The maximum atomic E-state index is 12.4. The van der Waals surface area contributed by atoms with E-state index in [9.17, 15) is 9.59 Å². The third kappa shape index (κ3) is 3.62. The summed E-state index contributed by atoms with van der Waals surface area (Å²) in [6.45, 7) is 4.94. The first kappa shape index (κ1) is 18.2. The predicted octanol–water partition coefficient (Wildman–Crippen LogP) is 1.71. The van der Waals surface area contributed by atoms with Crippen LogP contribution in [0.15, 0.2) is 42.1 Å². The van der Waals surface area contributed by atoms with E-state index in [0.717, 1.165) is 18.4 Å². The Hall–Kier alpha value is -3.16. The minimum absolute atomic E-state index is 0.0337. The van der Waals surface area contributed by atoms with Gasteiger partial charge in [-0.25, -0.2) is 4.98 Å². The number of nitrogens with zero attached hydrogens (tertiary/aromatic N) is 3. The second kappa shape index (κ2) is 7.46. The van der Waals surface area contributed by atoms with E-state index in [1.165, 1.54) is 6.08 Å². The van der Waals surface area contributed by atoms with E-state index in [2.05, 4.69) is 32.2 Å². The fraction of sp³-hybridized carbons (Fsp3) is 0.400. The second-order valence-electron chi connectivity index (χ2n) is 7.39. The molecule has 146 valence electrons. The summed E-state index contributed by atoms with van der Waals surface area (Å²) < 4.78 is 0. The summed E-state index contributed by atoms with van der Waals surface area (Å²) in [5.41, 5.74) is 1.84. The third-order valence-corrected chi connectivity index (χ3v) is 5.45. The van der Waals surface area contributed by atoms with Crippen molar-refractivity contribution in [3.05, 3.63) is 47.7 Å². The van der Waals surface area contributed by atoms with Crippen LogP contribution in [-0.4, -0.2) is 51.9 Å². The van der Waals surface area contributed by atoms with Gasteiger partial charge in [0.2, 0.25) is 5.91 Å². The van der Waals surface area contributed by atoms with Gasteiger partial charge in [-0.2, -0.15) is 0 Å². The number of aromatic amines is 1. The summed E-state index contributed by atoms with van der Waals surface area (Å²) >= 11 is 0. The predicted molar refractivity (Wildman–Crippen MR) is 108 cm³/mol. The highest BCUT2D eigenvalue weighted by molar-refractivity contribution is 5.87. The maximum absolute atomic E-state index is 12.4. The molecular weight excluding hydrogens is 356 g/mol. The zero-order valence-electron chi connectivity index (χ0n) is 15.8. The number of likely N-dealkylation sites (tertiary alicyclic amines) is 1. The number of rotatable bonds is 7. The molecular formula is C20H24N6O2. The van der Waals surface area contributed by atoms with Crippen molar-refractivity contribution in [3.63, 3.8) is 0 Å².